The highest BCUT2D eigenvalue weighted by atomic mass is 16.6. The molecule has 0 fully saturated rings. The molecule has 0 aliphatic rings. The predicted molar refractivity (Wildman–Crippen MR) is 71.4 cm³/mol. The average molecular weight is 272 g/mol. The molecule has 0 amide bonds. The Bertz CT molecular complexity index is 775. The monoisotopic (exact) mass is 272 g/mol. The first kappa shape index (κ1) is 12.3. The van der Waals surface area contributed by atoms with E-state index >= 15 is 0 Å². The molecule has 1 aromatic carbocycles. The van der Waals surface area contributed by atoms with Crippen molar-refractivity contribution < 1.29 is 9.34 Å². The van der Waals surface area contributed by atoms with Crippen LogP contribution in [0.1, 0.15) is 18.7 Å². The second kappa shape index (κ2) is 4.76. The normalized spacial score (nSPS) is 11.1. The highest BCUT2D eigenvalue weighted by Gasteiger charge is 2.11. The maximum absolute atomic E-state index is 10.7. The first-order valence-electron chi connectivity index (χ1n) is 6.22. The molecule has 3 aromatic rings. The molecule has 0 aliphatic heterocycles. The largest absolute Gasteiger partial charge is 0.423 e. The van der Waals surface area contributed by atoms with E-state index in [9.17, 15) is 10.1 Å². The van der Waals surface area contributed by atoms with Gasteiger partial charge in [0.15, 0.2) is 0 Å². The second-order valence-corrected chi connectivity index (χ2v) is 4.39. The molecule has 0 radical (unpaired) electrons. The van der Waals surface area contributed by atoms with Crippen molar-refractivity contribution in [3.63, 3.8) is 0 Å². The number of non-ortho nitro benzene ring substituents is 1. The fourth-order valence-electron chi connectivity index (χ4n) is 2.08. The molecule has 0 saturated heterocycles. The van der Waals surface area contributed by atoms with Crippen molar-refractivity contribution >= 4 is 16.6 Å². The van der Waals surface area contributed by atoms with Gasteiger partial charge in [-0.2, -0.15) is 0 Å². The summed E-state index contributed by atoms with van der Waals surface area (Å²) >= 11 is 0. The van der Waals surface area contributed by atoms with Crippen LogP contribution in [-0.2, 0) is 13.0 Å². The van der Waals surface area contributed by atoms with E-state index in [1.54, 1.807) is 12.1 Å². The van der Waals surface area contributed by atoms with E-state index < -0.39 is 4.92 Å². The third kappa shape index (κ3) is 2.13. The minimum Gasteiger partial charge on any atom is -0.423 e. The molecule has 0 N–H and O–H groups in total. The van der Waals surface area contributed by atoms with Crippen molar-refractivity contribution in [2.75, 3.05) is 0 Å². The number of rotatable bonds is 4. The van der Waals surface area contributed by atoms with E-state index in [1.165, 1.54) is 6.07 Å². The van der Waals surface area contributed by atoms with Crippen molar-refractivity contribution in [2.24, 2.45) is 0 Å². The Morgan fingerprint density at radius 3 is 2.80 bits per heavy atom. The van der Waals surface area contributed by atoms with Crippen molar-refractivity contribution in [3.8, 4) is 0 Å². The van der Waals surface area contributed by atoms with Gasteiger partial charge in [0.25, 0.3) is 5.69 Å². The first-order chi connectivity index (χ1) is 9.67. The summed E-state index contributed by atoms with van der Waals surface area (Å²) in [6, 6.07) is 6.60. The van der Waals surface area contributed by atoms with Crippen LogP contribution in [0.3, 0.4) is 0 Å². The molecule has 0 atom stereocenters. The van der Waals surface area contributed by atoms with Gasteiger partial charge in [-0.15, -0.1) is 10.2 Å². The SMILES string of the molecule is CCc1nnc(Cn2ccc3cc([N+](=O)[O-])ccc32)o1. The molecule has 102 valence electrons. The van der Waals surface area contributed by atoms with Crippen LogP contribution in [-0.4, -0.2) is 19.7 Å². The van der Waals surface area contributed by atoms with E-state index in [2.05, 4.69) is 10.2 Å². The van der Waals surface area contributed by atoms with Gasteiger partial charge in [-0.25, -0.2) is 0 Å². The van der Waals surface area contributed by atoms with Crippen LogP contribution in [0.2, 0.25) is 0 Å². The lowest BCUT2D eigenvalue weighted by Crippen LogP contribution is -1.98. The highest BCUT2D eigenvalue weighted by Crippen LogP contribution is 2.22. The van der Waals surface area contributed by atoms with Crippen molar-refractivity contribution in [2.45, 2.75) is 19.9 Å². The van der Waals surface area contributed by atoms with Crippen LogP contribution in [0.4, 0.5) is 5.69 Å². The lowest BCUT2D eigenvalue weighted by Gasteiger charge is -2.01. The van der Waals surface area contributed by atoms with Crippen LogP contribution in [0.25, 0.3) is 10.9 Å². The lowest BCUT2D eigenvalue weighted by molar-refractivity contribution is -0.384. The first-order valence-corrected chi connectivity index (χ1v) is 6.22. The van der Waals surface area contributed by atoms with Crippen molar-refractivity contribution in [1.82, 2.24) is 14.8 Å². The maximum atomic E-state index is 10.7. The zero-order valence-corrected chi connectivity index (χ0v) is 10.8. The lowest BCUT2D eigenvalue weighted by atomic mass is 10.2. The minimum absolute atomic E-state index is 0.0845. The molecule has 0 saturated carbocycles. The molecule has 7 nitrogen and oxygen atoms in total. The number of hydrogen-bond acceptors (Lipinski definition) is 5. The summed E-state index contributed by atoms with van der Waals surface area (Å²) in [4.78, 5) is 10.3. The van der Waals surface area contributed by atoms with Crippen molar-refractivity contribution in [1.29, 1.82) is 0 Å². The predicted octanol–water partition coefficient (Wildman–Crippen LogP) is 2.54. The van der Waals surface area contributed by atoms with E-state index in [1.807, 2.05) is 23.8 Å². The van der Waals surface area contributed by atoms with Gasteiger partial charge < -0.3 is 8.98 Å². The van der Waals surface area contributed by atoms with Crippen LogP contribution >= 0.6 is 0 Å². The van der Waals surface area contributed by atoms with Crippen LogP contribution in [0.15, 0.2) is 34.9 Å². The molecular weight excluding hydrogens is 260 g/mol. The Kier molecular flexibility index (Phi) is 2.94. The molecule has 0 unspecified atom stereocenters. The Morgan fingerprint density at radius 2 is 2.10 bits per heavy atom. The number of hydrogen-bond donors (Lipinski definition) is 0. The fourth-order valence-corrected chi connectivity index (χ4v) is 2.08. The third-order valence-corrected chi connectivity index (χ3v) is 3.08. The van der Waals surface area contributed by atoms with Gasteiger partial charge >= 0.3 is 0 Å². The second-order valence-electron chi connectivity index (χ2n) is 4.39. The molecular formula is C13H12N4O3. The summed E-state index contributed by atoms with van der Waals surface area (Å²) in [6.45, 7) is 2.40. The van der Waals surface area contributed by atoms with Crippen LogP contribution in [0.5, 0.6) is 0 Å². The number of nitro benzene ring substituents is 1. The standard InChI is InChI=1S/C13H12N4O3/c1-2-12-14-15-13(20-12)8-16-6-5-9-7-10(17(18)19)3-4-11(9)16/h3-7H,2,8H2,1H3. The topological polar surface area (TPSA) is 87.0 Å². The van der Waals surface area contributed by atoms with Gasteiger partial charge in [-0.3, -0.25) is 10.1 Å². The fraction of sp³-hybridized carbons (Fsp3) is 0.231. The third-order valence-electron chi connectivity index (χ3n) is 3.08. The molecule has 20 heavy (non-hydrogen) atoms. The van der Waals surface area contributed by atoms with E-state index in [0.717, 1.165) is 10.9 Å². The van der Waals surface area contributed by atoms with Gasteiger partial charge in [0.2, 0.25) is 11.8 Å². The van der Waals surface area contributed by atoms with E-state index in [4.69, 9.17) is 4.42 Å². The van der Waals surface area contributed by atoms with Gasteiger partial charge in [0, 0.05) is 35.7 Å². The van der Waals surface area contributed by atoms with Crippen molar-refractivity contribution in [3.05, 3.63) is 52.4 Å². The van der Waals surface area contributed by atoms with Gasteiger partial charge in [-0.1, -0.05) is 6.92 Å². The maximum Gasteiger partial charge on any atom is 0.270 e. The smallest absolute Gasteiger partial charge is 0.270 e. The Balaban J connectivity index is 1.94. The van der Waals surface area contributed by atoms with Gasteiger partial charge in [-0.05, 0) is 12.1 Å². The Labute approximate surface area is 114 Å². The Hall–Kier alpha value is -2.70. The number of nitrogens with zero attached hydrogens (tertiary/aromatic N) is 4. The van der Waals surface area contributed by atoms with Crippen LogP contribution in [0, 0.1) is 10.1 Å². The zero-order valence-electron chi connectivity index (χ0n) is 10.8. The number of aromatic nitrogens is 3. The number of fused-ring (bicyclic) bond motifs is 1. The molecule has 2 heterocycles. The summed E-state index contributed by atoms with van der Waals surface area (Å²) in [5.74, 6) is 1.13. The molecule has 3 rings (SSSR count). The zero-order chi connectivity index (χ0) is 14.1. The van der Waals surface area contributed by atoms with Crippen LogP contribution < -0.4 is 0 Å². The molecule has 7 heteroatoms. The molecule has 0 aliphatic carbocycles. The van der Waals surface area contributed by atoms with Gasteiger partial charge in [0.05, 0.1) is 4.92 Å². The molecule has 0 spiro atoms. The summed E-state index contributed by atoms with van der Waals surface area (Å²) in [5.41, 5.74) is 0.980. The quantitative estimate of drug-likeness (QED) is 0.538. The Morgan fingerprint density at radius 1 is 1.30 bits per heavy atom. The molecule has 0 bridgehead atoms. The highest BCUT2D eigenvalue weighted by molar-refractivity contribution is 5.82. The number of aryl methyl sites for hydroxylation is 1. The summed E-state index contributed by atoms with van der Waals surface area (Å²) in [5, 5.41) is 19.4. The number of benzene rings is 1. The average Bonchev–Trinajstić information content (AvgIpc) is 3.06. The number of nitro groups is 1. The van der Waals surface area contributed by atoms with E-state index in [0.29, 0.717) is 24.7 Å². The van der Waals surface area contributed by atoms with Gasteiger partial charge in [0.1, 0.15) is 6.54 Å². The molecule has 2 aromatic heterocycles. The minimum atomic E-state index is -0.400. The van der Waals surface area contributed by atoms with E-state index in [-0.39, 0.29) is 5.69 Å². The summed E-state index contributed by atoms with van der Waals surface area (Å²) < 4.78 is 7.39. The summed E-state index contributed by atoms with van der Waals surface area (Å²) in [7, 11) is 0. The summed E-state index contributed by atoms with van der Waals surface area (Å²) in [6.07, 6.45) is 2.55.